The molecule has 9 heteroatoms. The molecule has 0 aliphatic carbocycles. The minimum absolute atomic E-state index is 0.0898. The lowest BCUT2D eigenvalue weighted by Crippen LogP contribution is -2.29. The first-order chi connectivity index (χ1) is 15.7. The van der Waals surface area contributed by atoms with Crippen molar-refractivity contribution in [1.29, 1.82) is 0 Å². The number of halogens is 1. The van der Waals surface area contributed by atoms with Gasteiger partial charge in [0.25, 0.3) is 5.56 Å². The van der Waals surface area contributed by atoms with E-state index in [9.17, 15) is 9.18 Å². The van der Waals surface area contributed by atoms with Gasteiger partial charge in [-0.1, -0.05) is 30.3 Å². The average Bonchev–Trinajstić information content (AvgIpc) is 3.29. The molecule has 5 aromatic rings. The van der Waals surface area contributed by atoms with Gasteiger partial charge in [0, 0.05) is 6.42 Å². The van der Waals surface area contributed by atoms with Crippen LogP contribution in [0.5, 0.6) is 0 Å². The average molecular weight is 429 g/mol. The second-order valence-electron chi connectivity index (χ2n) is 7.41. The Bertz CT molecular complexity index is 1460. The number of H-pyrrole nitrogens is 1. The third kappa shape index (κ3) is 3.37. The minimum atomic E-state index is -0.632. The number of benzene rings is 2. The van der Waals surface area contributed by atoms with Gasteiger partial charge < -0.3 is 10.3 Å². The van der Waals surface area contributed by atoms with Crippen LogP contribution < -0.4 is 10.9 Å². The molecule has 5 rings (SSSR count). The highest BCUT2D eigenvalue weighted by Gasteiger charge is 2.23. The predicted molar refractivity (Wildman–Crippen MR) is 121 cm³/mol. The van der Waals surface area contributed by atoms with Crippen molar-refractivity contribution >= 4 is 27.9 Å². The molecule has 0 fully saturated rings. The van der Waals surface area contributed by atoms with Crippen molar-refractivity contribution in [3.8, 4) is 5.69 Å². The maximum absolute atomic E-state index is 13.7. The number of para-hydroxylation sites is 1. The zero-order valence-corrected chi connectivity index (χ0v) is 17.3. The summed E-state index contributed by atoms with van der Waals surface area (Å²) in [5.74, 6) is 0.840. The molecule has 3 heterocycles. The molecule has 0 aliphatic heterocycles. The number of hydrogen-bond donors (Lipinski definition) is 2. The fourth-order valence-corrected chi connectivity index (χ4v) is 3.88. The number of anilines is 1. The van der Waals surface area contributed by atoms with Crippen LogP contribution in [0.15, 0.2) is 66.0 Å². The SMILES string of the molecule is Cc1cccc2nc(C(CCF)Nc3ncnc4[nH]cnc34)n(-c3ccccc3)c(=O)c12. The van der Waals surface area contributed by atoms with Gasteiger partial charge in [0.15, 0.2) is 11.5 Å². The summed E-state index contributed by atoms with van der Waals surface area (Å²) in [6, 6.07) is 14.1. The van der Waals surface area contributed by atoms with Gasteiger partial charge in [-0.2, -0.15) is 0 Å². The van der Waals surface area contributed by atoms with E-state index in [4.69, 9.17) is 4.98 Å². The third-order valence-electron chi connectivity index (χ3n) is 5.38. The van der Waals surface area contributed by atoms with Crippen LogP contribution in [0.3, 0.4) is 0 Å². The Morgan fingerprint density at radius 3 is 2.75 bits per heavy atom. The van der Waals surface area contributed by atoms with Crippen LogP contribution in [0.4, 0.5) is 10.2 Å². The first-order valence-corrected chi connectivity index (χ1v) is 10.2. The van der Waals surface area contributed by atoms with Gasteiger partial charge in [0.05, 0.1) is 35.6 Å². The summed E-state index contributed by atoms with van der Waals surface area (Å²) in [4.78, 5) is 34.1. The summed E-state index contributed by atoms with van der Waals surface area (Å²) in [6.45, 7) is 1.27. The maximum Gasteiger partial charge on any atom is 0.266 e. The number of alkyl halides is 1. The lowest BCUT2D eigenvalue weighted by Gasteiger charge is -2.22. The van der Waals surface area contributed by atoms with Crippen molar-refractivity contribution in [2.45, 2.75) is 19.4 Å². The lowest BCUT2D eigenvalue weighted by atomic mass is 10.1. The summed E-state index contributed by atoms with van der Waals surface area (Å²) >= 11 is 0. The Morgan fingerprint density at radius 1 is 1.09 bits per heavy atom. The van der Waals surface area contributed by atoms with Crippen LogP contribution in [0.1, 0.15) is 23.9 Å². The topological polar surface area (TPSA) is 101 Å². The molecule has 0 amide bonds. The van der Waals surface area contributed by atoms with Crippen molar-refractivity contribution in [2.75, 3.05) is 12.0 Å². The standard InChI is InChI=1S/C23H20FN7O/c1-14-6-5-9-16-18(14)23(32)31(15-7-3-2-4-8-15)22(30-16)17(10-11-24)29-21-19-20(26-12-25-19)27-13-28-21/h2-9,12-13,17H,10-11H2,1H3,(H2,25,26,27,28,29). The van der Waals surface area contributed by atoms with Gasteiger partial charge in [0.2, 0.25) is 0 Å². The third-order valence-corrected chi connectivity index (χ3v) is 5.38. The van der Waals surface area contributed by atoms with Crippen LogP contribution in [0.25, 0.3) is 27.8 Å². The number of imidazole rings is 1. The fourth-order valence-electron chi connectivity index (χ4n) is 3.88. The van der Waals surface area contributed by atoms with Crippen molar-refractivity contribution in [2.24, 2.45) is 0 Å². The molecule has 0 bridgehead atoms. The van der Waals surface area contributed by atoms with Gasteiger partial charge in [-0.05, 0) is 30.7 Å². The van der Waals surface area contributed by atoms with Crippen LogP contribution in [0, 0.1) is 6.92 Å². The Balaban J connectivity index is 1.74. The molecule has 1 atom stereocenters. The van der Waals surface area contributed by atoms with Crippen LogP contribution in [-0.2, 0) is 0 Å². The molecule has 0 aliphatic rings. The molecule has 0 radical (unpaired) electrons. The highest BCUT2D eigenvalue weighted by Crippen LogP contribution is 2.26. The fraction of sp³-hybridized carbons (Fsp3) is 0.174. The number of fused-ring (bicyclic) bond motifs is 2. The number of nitrogens with one attached hydrogen (secondary N) is 2. The van der Waals surface area contributed by atoms with E-state index in [0.717, 1.165) is 5.56 Å². The summed E-state index contributed by atoms with van der Waals surface area (Å²) in [5, 5.41) is 3.78. The molecule has 160 valence electrons. The van der Waals surface area contributed by atoms with Gasteiger partial charge in [-0.15, -0.1) is 0 Å². The van der Waals surface area contributed by atoms with Gasteiger partial charge in [-0.3, -0.25) is 13.8 Å². The largest absolute Gasteiger partial charge is 0.358 e. The summed E-state index contributed by atoms with van der Waals surface area (Å²) in [6.07, 6.45) is 3.01. The highest BCUT2D eigenvalue weighted by atomic mass is 19.1. The number of nitrogens with zero attached hydrogens (tertiary/aromatic N) is 5. The Labute approximate surface area is 182 Å². The summed E-state index contributed by atoms with van der Waals surface area (Å²) < 4.78 is 15.2. The Hall–Kier alpha value is -4.14. The number of aromatic amines is 1. The molecule has 0 saturated heterocycles. The van der Waals surface area contributed by atoms with E-state index >= 15 is 0 Å². The first-order valence-electron chi connectivity index (χ1n) is 10.2. The summed E-state index contributed by atoms with van der Waals surface area (Å²) in [5.41, 5.74) is 2.94. The minimum Gasteiger partial charge on any atom is -0.358 e. The molecule has 3 aromatic heterocycles. The molecule has 2 aromatic carbocycles. The lowest BCUT2D eigenvalue weighted by molar-refractivity contribution is 0.442. The highest BCUT2D eigenvalue weighted by molar-refractivity contribution is 5.83. The summed E-state index contributed by atoms with van der Waals surface area (Å²) in [7, 11) is 0. The van der Waals surface area contributed by atoms with Crippen LogP contribution in [0.2, 0.25) is 0 Å². The van der Waals surface area contributed by atoms with Gasteiger partial charge in [-0.25, -0.2) is 19.9 Å². The second kappa shape index (κ2) is 8.18. The molecule has 32 heavy (non-hydrogen) atoms. The molecule has 0 saturated carbocycles. The molecule has 2 N–H and O–H groups in total. The van der Waals surface area contributed by atoms with E-state index in [1.807, 2.05) is 49.4 Å². The zero-order chi connectivity index (χ0) is 22.1. The second-order valence-corrected chi connectivity index (χ2v) is 7.41. The Morgan fingerprint density at radius 2 is 1.94 bits per heavy atom. The normalized spacial score (nSPS) is 12.3. The van der Waals surface area contributed by atoms with E-state index in [1.54, 1.807) is 10.6 Å². The number of aromatic nitrogens is 6. The van der Waals surface area contributed by atoms with Crippen molar-refractivity contribution in [3.63, 3.8) is 0 Å². The molecule has 1 unspecified atom stereocenters. The van der Waals surface area contributed by atoms with E-state index in [2.05, 4.69) is 25.3 Å². The van der Waals surface area contributed by atoms with Crippen LogP contribution >= 0.6 is 0 Å². The smallest absolute Gasteiger partial charge is 0.266 e. The molecule has 0 spiro atoms. The van der Waals surface area contributed by atoms with Crippen molar-refractivity contribution in [1.82, 2.24) is 29.5 Å². The Kier molecular flexibility index (Phi) is 5.06. The predicted octanol–water partition coefficient (Wildman–Crippen LogP) is 3.87. The van der Waals surface area contributed by atoms with Crippen molar-refractivity contribution < 1.29 is 4.39 Å². The number of hydrogen-bond acceptors (Lipinski definition) is 6. The number of rotatable bonds is 6. The zero-order valence-electron chi connectivity index (χ0n) is 17.3. The molecular formula is C23H20FN7O. The van der Waals surface area contributed by atoms with Crippen molar-refractivity contribution in [3.05, 3.63) is 82.9 Å². The molecule has 8 nitrogen and oxygen atoms in total. The van der Waals surface area contributed by atoms with E-state index in [1.165, 1.54) is 12.7 Å². The van der Waals surface area contributed by atoms with Crippen LogP contribution in [-0.4, -0.2) is 36.2 Å². The van der Waals surface area contributed by atoms with E-state index in [-0.39, 0.29) is 12.0 Å². The monoisotopic (exact) mass is 429 g/mol. The quantitative estimate of drug-likeness (QED) is 0.425. The molecular weight excluding hydrogens is 409 g/mol. The maximum atomic E-state index is 13.7. The number of aryl methyl sites for hydroxylation is 1. The van der Waals surface area contributed by atoms with E-state index in [0.29, 0.717) is 39.4 Å². The van der Waals surface area contributed by atoms with Gasteiger partial charge >= 0.3 is 0 Å². The first kappa shape index (κ1) is 19.8. The van der Waals surface area contributed by atoms with Gasteiger partial charge in [0.1, 0.15) is 17.7 Å². The van der Waals surface area contributed by atoms with E-state index < -0.39 is 12.7 Å².